The molecule has 0 radical (unpaired) electrons. The van der Waals surface area contributed by atoms with Crippen LogP contribution in [0.25, 0.3) is 6.08 Å². The first-order valence-electron chi connectivity index (χ1n) is 9.44. The van der Waals surface area contributed by atoms with E-state index in [9.17, 15) is 13.2 Å². The number of aromatic nitrogens is 1. The summed E-state index contributed by atoms with van der Waals surface area (Å²) in [4.78, 5) is 17.0. The average molecular weight is 432 g/mol. The van der Waals surface area contributed by atoms with E-state index in [1.54, 1.807) is 6.07 Å². The molecule has 0 spiro atoms. The van der Waals surface area contributed by atoms with Crippen LogP contribution in [0, 0.1) is 0 Å². The lowest BCUT2D eigenvalue weighted by Crippen LogP contribution is -2.41. The summed E-state index contributed by atoms with van der Waals surface area (Å²) in [5.74, 6) is -0.455. The van der Waals surface area contributed by atoms with Gasteiger partial charge in [0.25, 0.3) is 5.91 Å². The Morgan fingerprint density at radius 1 is 1.13 bits per heavy atom. The molecular weight excluding hydrogens is 407 g/mol. The zero-order chi connectivity index (χ0) is 21.9. The minimum Gasteiger partial charge on any atom is -0.399 e. The van der Waals surface area contributed by atoms with Gasteiger partial charge in [0.05, 0.1) is 17.8 Å². The summed E-state index contributed by atoms with van der Waals surface area (Å²) in [7, 11) is -3.14. The monoisotopic (exact) mass is 432 g/mol. The molecule has 0 saturated carbocycles. The van der Waals surface area contributed by atoms with E-state index in [0.717, 1.165) is 15.0 Å². The number of rotatable bonds is 7. The van der Waals surface area contributed by atoms with Gasteiger partial charge in [0.1, 0.15) is 0 Å². The van der Waals surface area contributed by atoms with Gasteiger partial charge in [-0.1, -0.05) is 24.3 Å². The van der Waals surface area contributed by atoms with Crippen LogP contribution in [0.2, 0.25) is 0 Å². The molecule has 1 saturated heterocycles. The minimum absolute atomic E-state index is 0.191. The van der Waals surface area contributed by atoms with E-state index >= 15 is 0 Å². The summed E-state index contributed by atoms with van der Waals surface area (Å²) in [6, 6.07) is 9.17. The highest BCUT2D eigenvalue weighted by atomic mass is 32.2. The maximum Gasteiger partial charge on any atom is 0.494 e. The molecule has 1 aliphatic heterocycles. The predicted octanol–water partition coefficient (Wildman–Crippen LogP) is 1.42. The molecule has 8 nitrogen and oxygen atoms in total. The van der Waals surface area contributed by atoms with Crippen molar-refractivity contribution in [3.8, 4) is 0 Å². The largest absolute Gasteiger partial charge is 0.494 e. The Morgan fingerprint density at radius 2 is 1.77 bits per heavy atom. The van der Waals surface area contributed by atoms with Crippen molar-refractivity contribution < 1.29 is 27.4 Å². The standard InChI is InChI=1S/C20H25BN2O6S/c1-19(2)20(3,4)29-21(28-19)17-8-5-16(6-9-17)14-27-22-18(24)10-7-15-11-12-23(13-15)30(25)26/h5-13,30H,14H2,1-4H3,(H,22,24)/b10-7+. The van der Waals surface area contributed by atoms with Crippen molar-refractivity contribution in [2.75, 3.05) is 0 Å². The number of nitrogens with one attached hydrogen (secondary N) is 1. The molecule has 1 aromatic carbocycles. The minimum atomic E-state index is -2.71. The highest BCUT2D eigenvalue weighted by Gasteiger charge is 2.51. The van der Waals surface area contributed by atoms with Gasteiger partial charge < -0.3 is 9.31 Å². The first-order chi connectivity index (χ1) is 14.1. The van der Waals surface area contributed by atoms with Crippen molar-refractivity contribution >= 4 is 35.5 Å². The van der Waals surface area contributed by atoms with Gasteiger partial charge in [0.2, 0.25) is 10.9 Å². The molecule has 1 amide bonds. The third-order valence-electron chi connectivity index (χ3n) is 5.23. The van der Waals surface area contributed by atoms with Gasteiger partial charge >= 0.3 is 7.12 Å². The zero-order valence-electron chi connectivity index (χ0n) is 17.3. The van der Waals surface area contributed by atoms with Crippen LogP contribution in [0.1, 0.15) is 38.8 Å². The van der Waals surface area contributed by atoms with Gasteiger partial charge in [-0.15, -0.1) is 0 Å². The summed E-state index contributed by atoms with van der Waals surface area (Å²) in [6.07, 6.45) is 5.55. The van der Waals surface area contributed by atoms with Crippen molar-refractivity contribution in [1.29, 1.82) is 0 Å². The third kappa shape index (κ3) is 5.20. The molecule has 3 rings (SSSR count). The SMILES string of the molecule is CC1(C)OB(c2ccc(CONC(=O)/C=C/c3ccn([SH](=O)=O)c3)cc2)OC1(C)C. The van der Waals surface area contributed by atoms with Crippen LogP contribution in [0.5, 0.6) is 0 Å². The smallest absolute Gasteiger partial charge is 0.399 e. The Hall–Kier alpha value is -2.40. The van der Waals surface area contributed by atoms with Gasteiger partial charge in [-0.2, -0.15) is 0 Å². The number of hydroxylamine groups is 1. The van der Waals surface area contributed by atoms with Crippen LogP contribution < -0.4 is 10.9 Å². The van der Waals surface area contributed by atoms with Gasteiger partial charge in [-0.25, -0.2) is 13.9 Å². The Balaban J connectivity index is 1.47. The lowest BCUT2D eigenvalue weighted by Gasteiger charge is -2.32. The van der Waals surface area contributed by atoms with Crippen LogP contribution in [-0.4, -0.2) is 36.6 Å². The summed E-state index contributed by atoms with van der Waals surface area (Å²) in [6.45, 7) is 8.22. The number of nitrogens with zero attached hydrogens (tertiary/aromatic N) is 1. The van der Waals surface area contributed by atoms with Crippen molar-refractivity contribution in [2.24, 2.45) is 0 Å². The maximum atomic E-state index is 11.8. The lowest BCUT2D eigenvalue weighted by molar-refractivity contribution is -0.129. The molecule has 1 N–H and O–H groups in total. The zero-order valence-corrected chi connectivity index (χ0v) is 18.2. The number of carbonyl (C=O) groups excluding carboxylic acids is 1. The van der Waals surface area contributed by atoms with Gasteiger partial charge in [0.15, 0.2) is 0 Å². The Labute approximate surface area is 178 Å². The second-order valence-corrected chi connectivity index (χ2v) is 8.92. The number of hydrogen-bond acceptors (Lipinski definition) is 6. The number of hydrogen-bond donors (Lipinski definition) is 2. The summed E-state index contributed by atoms with van der Waals surface area (Å²) < 4.78 is 34.8. The molecular formula is C20H25BN2O6S. The van der Waals surface area contributed by atoms with Crippen molar-refractivity contribution in [3.63, 3.8) is 0 Å². The molecule has 1 aromatic heterocycles. The molecule has 0 aliphatic carbocycles. The van der Waals surface area contributed by atoms with Crippen LogP contribution in [-0.2, 0) is 36.4 Å². The Morgan fingerprint density at radius 3 is 2.33 bits per heavy atom. The first kappa shape index (κ1) is 22.3. The first-order valence-corrected chi connectivity index (χ1v) is 10.6. The van der Waals surface area contributed by atoms with Gasteiger partial charge in [-0.3, -0.25) is 13.6 Å². The maximum absolute atomic E-state index is 11.8. The Kier molecular flexibility index (Phi) is 6.51. The van der Waals surface area contributed by atoms with Crippen LogP contribution in [0.15, 0.2) is 48.8 Å². The average Bonchev–Trinajstić information content (AvgIpc) is 3.23. The van der Waals surface area contributed by atoms with Gasteiger partial charge in [0, 0.05) is 18.5 Å². The molecule has 160 valence electrons. The molecule has 0 bridgehead atoms. The summed E-state index contributed by atoms with van der Waals surface area (Å²) in [5.41, 5.74) is 3.90. The number of thiol groups is 1. The van der Waals surface area contributed by atoms with E-state index in [1.165, 1.54) is 24.5 Å². The number of carbonyl (C=O) groups is 1. The fourth-order valence-corrected chi connectivity index (χ4v) is 3.15. The topological polar surface area (TPSA) is 95.9 Å². The third-order valence-corrected chi connectivity index (χ3v) is 5.86. The van der Waals surface area contributed by atoms with E-state index in [0.29, 0.717) is 5.56 Å². The predicted molar refractivity (Wildman–Crippen MR) is 114 cm³/mol. The van der Waals surface area contributed by atoms with E-state index < -0.39 is 35.1 Å². The molecule has 0 atom stereocenters. The molecule has 1 aliphatic rings. The van der Waals surface area contributed by atoms with Crippen molar-refractivity contribution in [3.05, 3.63) is 59.9 Å². The molecule has 30 heavy (non-hydrogen) atoms. The van der Waals surface area contributed by atoms with E-state index in [-0.39, 0.29) is 6.61 Å². The van der Waals surface area contributed by atoms with Crippen LogP contribution in [0.4, 0.5) is 0 Å². The molecule has 0 unspecified atom stereocenters. The van der Waals surface area contributed by atoms with Gasteiger partial charge in [-0.05, 0) is 56.4 Å². The number of benzene rings is 1. The highest BCUT2D eigenvalue weighted by Crippen LogP contribution is 2.36. The molecule has 2 aromatic rings. The van der Waals surface area contributed by atoms with Crippen LogP contribution in [0.3, 0.4) is 0 Å². The van der Waals surface area contributed by atoms with E-state index in [4.69, 9.17) is 14.1 Å². The Bertz CT molecular complexity index is 987. The fourth-order valence-electron chi connectivity index (χ4n) is 2.75. The normalized spacial score (nSPS) is 17.7. The second-order valence-electron chi connectivity index (χ2n) is 7.98. The molecule has 2 heterocycles. The van der Waals surface area contributed by atoms with Crippen LogP contribution >= 0.6 is 0 Å². The molecule has 10 heteroatoms. The highest BCUT2D eigenvalue weighted by molar-refractivity contribution is 7.70. The van der Waals surface area contributed by atoms with E-state index in [2.05, 4.69) is 5.48 Å². The van der Waals surface area contributed by atoms with Crippen molar-refractivity contribution in [2.45, 2.75) is 45.5 Å². The summed E-state index contributed by atoms with van der Waals surface area (Å²) in [5, 5.41) is 0. The van der Waals surface area contributed by atoms with E-state index in [1.807, 2.05) is 52.0 Å². The lowest BCUT2D eigenvalue weighted by atomic mass is 9.79. The second kappa shape index (κ2) is 8.77. The quantitative estimate of drug-likeness (QED) is 0.298. The fraction of sp³-hybridized carbons (Fsp3) is 0.350. The molecule has 1 fully saturated rings. The summed E-state index contributed by atoms with van der Waals surface area (Å²) >= 11 is 0. The number of amides is 1. The van der Waals surface area contributed by atoms with Crippen molar-refractivity contribution in [1.82, 2.24) is 9.45 Å².